The van der Waals surface area contributed by atoms with Crippen LogP contribution in [0.25, 0.3) is 0 Å². The second-order valence-corrected chi connectivity index (χ2v) is 8.37. The lowest BCUT2D eigenvalue weighted by Crippen LogP contribution is -2.45. The molecule has 9 nitrogen and oxygen atoms in total. The zero-order chi connectivity index (χ0) is 24.9. The lowest BCUT2D eigenvalue weighted by atomic mass is 9.99. The summed E-state index contributed by atoms with van der Waals surface area (Å²) in [7, 11) is 0. The number of nitrogens with zero attached hydrogens (tertiary/aromatic N) is 2. The number of aliphatic hydroxyl groups is 1. The highest BCUT2D eigenvalue weighted by molar-refractivity contribution is 5.99. The molecule has 1 heterocycles. The molecule has 33 heavy (non-hydrogen) atoms. The van der Waals surface area contributed by atoms with Crippen molar-refractivity contribution < 1.29 is 24.7 Å². The number of carbonyl (C=O) groups is 2. The van der Waals surface area contributed by atoms with Crippen molar-refractivity contribution in [3.8, 4) is 0 Å². The van der Waals surface area contributed by atoms with Crippen LogP contribution >= 0.6 is 0 Å². The Bertz CT molecular complexity index is 1030. The second kappa shape index (κ2) is 10.9. The summed E-state index contributed by atoms with van der Waals surface area (Å²) in [5.41, 5.74) is 10.0. The summed E-state index contributed by atoms with van der Waals surface area (Å²) in [6.45, 7) is 8.11. The first-order chi connectivity index (χ1) is 15.5. The molecule has 0 spiro atoms. The third-order valence-electron chi connectivity index (χ3n) is 6.03. The Labute approximate surface area is 193 Å². The molecule has 9 heteroatoms. The highest BCUT2D eigenvalue weighted by Crippen LogP contribution is 2.25. The van der Waals surface area contributed by atoms with E-state index in [0.29, 0.717) is 23.4 Å². The summed E-state index contributed by atoms with van der Waals surface area (Å²) in [4.78, 5) is 34.9. The number of carboxylic acid groups (broad SMARTS) is 1. The number of piperidine rings is 1. The van der Waals surface area contributed by atoms with Crippen LogP contribution in [-0.4, -0.2) is 51.1 Å². The normalized spacial score (nSPS) is 15.4. The highest BCUT2D eigenvalue weighted by atomic mass is 16.6. The van der Waals surface area contributed by atoms with Crippen molar-refractivity contribution in [3.63, 3.8) is 0 Å². The van der Waals surface area contributed by atoms with Gasteiger partial charge in [-0.3, -0.25) is 14.9 Å². The number of nitro benzene ring substituents is 1. The molecule has 0 aliphatic carbocycles. The van der Waals surface area contributed by atoms with Crippen LogP contribution in [0.2, 0.25) is 0 Å². The molecular formula is C24H31N3O6. The summed E-state index contributed by atoms with van der Waals surface area (Å²) in [6, 6.07) is 6.23. The van der Waals surface area contributed by atoms with Gasteiger partial charge in [0.05, 0.1) is 23.1 Å². The molecular weight excluding hydrogens is 426 g/mol. The minimum absolute atomic E-state index is 0.0243. The average molecular weight is 458 g/mol. The number of anilines is 1. The molecule has 0 radical (unpaired) electrons. The number of likely N-dealkylation sites (tertiary alicyclic amines) is 1. The van der Waals surface area contributed by atoms with Crippen molar-refractivity contribution in [1.29, 1.82) is 0 Å². The molecule has 2 aromatic rings. The van der Waals surface area contributed by atoms with Gasteiger partial charge in [-0.15, -0.1) is 0 Å². The number of carbonyl (C=O) groups excluding carboxylic acids is 1. The van der Waals surface area contributed by atoms with Crippen LogP contribution in [0.4, 0.5) is 11.4 Å². The summed E-state index contributed by atoms with van der Waals surface area (Å²) in [5.74, 6) is -1.33. The second-order valence-electron chi connectivity index (χ2n) is 8.37. The summed E-state index contributed by atoms with van der Waals surface area (Å²) >= 11 is 0. The Morgan fingerprint density at radius 3 is 2.12 bits per heavy atom. The maximum absolute atomic E-state index is 12.6. The van der Waals surface area contributed by atoms with Crippen molar-refractivity contribution in [1.82, 2.24) is 4.90 Å². The van der Waals surface area contributed by atoms with Gasteiger partial charge in [0.2, 0.25) is 0 Å². The zero-order valence-electron chi connectivity index (χ0n) is 19.4. The van der Waals surface area contributed by atoms with Gasteiger partial charge in [0.1, 0.15) is 5.56 Å². The third-order valence-corrected chi connectivity index (χ3v) is 6.03. The predicted octanol–water partition coefficient (Wildman–Crippen LogP) is 3.78. The SMILES string of the molecule is Cc1cc(C(=O)O)c([N+](=O)[O-])cc1C.Cc1cc(N)c(C(=O)N2CCCC[C@H]2CO)cc1C. The number of benzene rings is 2. The molecule has 0 aromatic heterocycles. The van der Waals surface area contributed by atoms with E-state index in [1.165, 1.54) is 12.1 Å². The Kier molecular flexibility index (Phi) is 8.53. The van der Waals surface area contributed by atoms with Gasteiger partial charge < -0.3 is 20.8 Å². The standard InChI is InChI=1S/C15H22N2O2.C9H9NO4/c1-10-7-13(14(16)8-11(10)2)15(19)17-6-4-3-5-12(17)9-18;1-5-3-7(9(11)12)8(10(13)14)4-6(5)2/h7-8,12,18H,3-6,9,16H2,1-2H3;3-4H,1-2H3,(H,11,12)/t12-;/m0./s1. The van der Waals surface area contributed by atoms with Crippen molar-refractivity contribution >= 4 is 23.3 Å². The van der Waals surface area contributed by atoms with E-state index in [9.17, 15) is 24.8 Å². The van der Waals surface area contributed by atoms with E-state index >= 15 is 0 Å². The van der Waals surface area contributed by atoms with Crippen LogP contribution in [-0.2, 0) is 0 Å². The quantitative estimate of drug-likeness (QED) is 0.359. The number of hydrogen-bond acceptors (Lipinski definition) is 6. The van der Waals surface area contributed by atoms with E-state index in [-0.39, 0.29) is 29.8 Å². The molecule has 1 amide bonds. The topological polar surface area (TPSA) is 147 Å². The zero-order valence-corrected chi connectivity index (χ0v) is 19.4. The minimum Gasteiger partial charge on any atom is -0.477 e. The smallest absolute Gasteiger partial charge is 0.342 e. The number of rotatable bonds is 4. The number of aliphatic hydroxyl groups excluding tert-OH is 1. The van der Waals surface area contributed by atoms with Gasteiger partial charge in [-0.05, 0) is 87.4 Å². The van der Waals surface area contributed by atoms with Crippen LogP contribution in [0.5, 0.6) is 0 Å². The first-order valence-electron chi connectivity index (χ1n) is 10.7. The third kappa shape index (κ3) is 6.07. The number of aromatic carboxylic acids is 1. The maximum Gasteiger partial charge on any atom is 0.342 e. The fourth-order valence-corrected chi connectivity index (χ4v) is 3.76. The Morgan fingerprint density at radius 2 is 1.58 bits per heavy atom. The monoisotopic (exact) mass is 457 g/mol. The average Bonchev–Trinajstić information content (AvgIpc) is 2.77. The van der Waals surface area contributed by atoms with E-state index < -0.39 is 10.9 Å². The van der Waals surface area contributed by atoms with Gasteiger partial charge in [0.25, 0.3) is 11.6 Å². The Hall–Kier alpha value is -3.46. The maximum atomic E-state index is 12.6. The number of hydrogen-bond donors (Lipinski definition) is 3. The largest absolute Gasteiger partial charge is 0.477 e. The van der Waals surface area contributed by atoms with E-state index in [0.717, 1.165) is 36.0 Å². The van der Waals surface area contributed by atoms with Gasteiger partial charge in [-0.1, -0.05) is 0 Å². The lowest BCUT2D eigenvalue weighted by Gasteiger charge is -2.35. The first-order valence-corrected chi connectivity index (χ1v) is 10.7. The van der Waals surface area contributed by atoms with Gasteiger partial charge in [-0.2, -0.15) is 0 Å². The lowest BCUT2D eigenvalue weighted by molar-refractivity contribution is -0.385. The fourth-order valence-electron chi connectivity index (χ4n) is 3.76. The summed E-state index contributed by atoms with van der Waals surface area (Å²) < 4.78 is 0. The van der Waals surface area contributed by atoms with Gasteiger partial charge in [-0.25, -0.2) is 4.79 Å². The number of carboxylic acids is 1. The molecule has 1 aliphatic rings. The van der Waals surface area contributed by atoms with Crippen LogP contribution in [0, 0.1) is 37.8 Å². The molecule has 0 saturated carbocycles. The molecule has 2 aromatic carbocycles. The number of nitro groups is 1. The molecule has 3 rings (SSSR count). The van der Waals surface area contributed by atoms with E-state index in [4.69, 9.17) is 10.8 Å². The molecule has 0 unspecified atom stereocenters. The molecule has 1 saturated heterocycles. The van der Waals surface area contributed by atoms with Crippen molar-refractivity contribution in [2.75, 3.05) is 18.9 Å². The van der Waals surface area contributed by atoms with Crippen molar-refractivity contribution in [3.05, 3.63) is 67.8 Å². The van der Waals surface area contributed by atoms with Crippen molar-refractivity contribution in [2.45, 2.75) is 53.0 Å². The number of nitrogens with two attached hydrogens (primary N) is 1. The molecule has 1 fully saturated rings. The Balaban J connectivity index is 0.000000245. The van der Waals surface area contributed by atoms with Crippen LogP contribution in [0.15, 0.2) is 24.3 Å². The van der Waals surface area contributed by atoms with E-state index in [1.807, 2.05) is 26.0 Å². The molecule has 178 valence electrons. The van der Waals surface area contributed by atoms with Crippen LogP contribution in [0.3, 0.4) is 0 Å². The van der Waals surface area contributed by atoms with Gasteiger partial charge in [0.15, 0.2) is 0 Å². The Morgan fingerprint density at radius 1 is 1.03 bits per heavy atom. The molecule has 1 atom stereocenters. The summed E-state index contributed by atoms with van der Waals surface area (Å²) in [5, 5.41) is 28.7. The molecule has 0 bridgehead atoms. The fraction of sp³-hybridized carbons (Fsp3) is 0.417. The molecule has 1 aliphatic heterocycles. The number of aryl methyl sites for hydroxylation is 4. The highest BCUT2D eigenvalue weighted by Gasteiger charge is 2.28. The van der Waals surface area contributed by atoms with Crippen LogP contribution < -0.4 is 5.73 Å². The van der Waals surface area contributed by atoms with Crippen LogP contribution in [0.1, 0.15) is 62.2 Å². The van der Waals surface area contributed by atoms with Crippen molar-refractivity contribution in [2.24, 2.45) is 0 Å². The summed E-state index contributed by atoms with van der Waals surface area (Å²) in [6.07, 6.45) is 2.93. The number of amides is 1. The first kappa shape index (κ1) is 25.8. The predicted molar refractivity (Wildman–Crippen MR) is 126 cm³/mol. The van der Waals surface area contributed by atoms with E-state index in [1.54, 1.807) is 18.7 Å². The van der Waals surface area contributed by atoms with Gasteiger partial charge >= 0.3 is 5.97 Å². The van der Waals surface area contributed by atoms with Gasteiger partial charge in [0, 0.05) is 18.3 Å². The van der Waals surface area contributed by atoms with E-state index in [2.05, 4.69) is 0 Å². The number of nitrogen functional groups attached to an aromatic ring is 1. The minimum atomic E-state index is -1.28. The molecule has 4 N–H and O–H groups in total.